The van der Waals surface area contributed by atoms with Gasteiger partial charge >= 0.3 is 0 Å². The van der Waals surface area contributed by atoms with Crippen molar-refractivity contribution in [1.82, 2.24) is 24.8 Å². The van der Waals surface area contributed by atoms with E-state index in [1.54, 1.807) is 0 Å². The summed E-state index contributed by atoms with van der Waals surface area (Å²) < 4.78 is 10.8. The second kappa shape index (κ2) is 9.87. The van der Waals surface area contributed by atoms with Gasteiger partial charge in [-0.2, -0.15) is 4.98 Å². The van der Waals surface area contributed by atoms with Crippen LogP contribution in [0.2, 0.25) is 5.02 Å². The van der Waals surface area contributed by atoms with Crippen molar-refractivity contribution in [2.24, 2.45) is 0 Å². The number of rotatable bonds is 6. The van der Waals surface area contributed by atoms with E-state index in [1.165, 1.54) is 0 Å². The third-order valence-electron chi connectivity index (χ3n) is 5.79. The van der Waals surface area contributed by atoms with Gasteiger partial charge in [0.15, 0.2) is 0 Å². The maximum absolute atomic E-state index is 12.5. The normalized spacial score (nSPS) is 19.7. The van der Waals surface area contributed by atoms with Gasteiger partial charge in [-0.3, -0.25) is 14.6 Å². The van der Waals surface area contributed by atoms with Gasteiger partial charge in [0.25, 0.3) is 0 Å². The van der Waals surface area contributed by atoms with Crippen LogP contribution in [0.15, 0.2) is 28.8 Å². The molecule has 1 aromatic heterocycles. The van der Waals surface area contributed by atoms with E-state index in [0.717, 1.165) is 31.7 Å². The van der Waals surface area contributed by atoms with Gasteiger partial charge in [-0.1, -0.05) is 16.8 Å². The van der Waals surface area contributed by atoms with Gasteiger partial charge in [-0.05, 0) is 31.2 Å². The topological polar surface area (TPSA) is 74.9 Å². The molecule has 0 spiro atoms. The highest BCUT2D eigenvalue weighted by Gasteiger charge is 2.26. The van der Waals surface area contributed by atoms with Crippen LogP contribution >= 0.6 is 11.6 Å². The van der Waals surface area contributed by atoms with Gasteiger partial charge in [-0.25, -0.2) is 0 Å². The fraction of sp³-hybridized carbons (Fsp3) is 0.571. The predicted molar refractivity (Wildman–Crippen MR) is 113 cm³/mol. The number of hydrogen-bond acceptors (Lipinski definition) is 7. The molecule has 1 amide bonds. The molecule has 1 atom stereocenters. The molecule has 2 aliphatic heterocycles. The number of aromatic nitrogens is 2. The zero-order valence-electron chi connectivity index (χ0n) is 17.3. The van der Waals surface area contributed by atoms with Gasteiger partial charge in [-0.15, -0.1) is 0 Å². The van der Waals surface area contributed by atoms with E-state index >= 15 is 0 Å². The summed E-state index contributed by atoms with van der Waals surface area (Å²) in [6.45, 7) is 9.17. The predicted octanol–water partition coefficient (Wildman–Crippen LogP) is 2.14. The van der Waals surface area contributed by atoms with Crippen molar-refractivity contribution >= 4 is 17.5 Å². The van der Waals surface area contributed by atoms with Gasteiger partial charge in [0.2, 0.25) is 17.6 Å². The van der Waals surface area contributed by atoms with Crippen LogP contribution in [-0.2, 0) is 16.1 Å². The lowest BCUT2D eigenvalue weighted by Crippen LogP contribution is -2.51. The molecule has 0 radical (unpaired) electrons. The summed E-state index contributed by atoms with van der Waals surface area (Å²) in [7, 11) is 0. The minimum atomic E-state index is 0.230. The first-order chi connectivity index (χ1) is 14.6. The highest BCUT2D eigenvalue weighted by atomic mass is 35.5. The van der Waals surface area contributed by atoms with Gasteiger partial charge in [0, 0.05) is 62.3 Å². The molecular formula is C21H28ClN5O3. The number of ether oxygens (including phenoxy) is 1. The molecule has 2 aromatic rings. The highest BCUT2D eigenvalue weighted by Crippen LogP contribution is 2.19. The quantitative estimate of drug-likeness (QED) is 0.690. The van der Waals surface area contributed by atoms with Crippen LogP contribution in [0.5, 0.6) is 0 Å². The lowest BCUT2D eigenvalue weighted by atomic mass is 10.1. The number of nitrogens with zero attached hydrogens (tertiary/aromatic N) is 5. The molecule has 8 nitrogen and oxygen atoms in total. The molecule has 2 saturated heterocycles. The molecule has 0 saturated carbocycles. The first-order valence-electron chi connectivity index (χ1n) is 10.5. The monoisotopic (exact) mass is 433 g/mol. The number of benzene rings is 1. The summed E-state index contributed by atoms with van der Waals surface area (Å²) in [5.74, 6) is 1.42. The standard InChI is InChI=1S/C21H28ClN5O3/c1-16(14-20(28)27-10-12-29-13-11-27)26-8-6-25(7-9-26)15-19-23-21(24-30-19)17-2-4-18(22)5-3-17/h2-5,16H,6-15H2,1H3/t16-/m1/s1. The molecule has 3 heterocycles. The van der Waals surface area contributed by atoms with E-state index in [1.807, 2.05) is 29.2 Å². The van der Waals surface area contributed by atoms with Crippen LogP contribution in [-0.4, -0.2) is 89.3 Å². The Kier molecular flexibility index (Phi) is 6.99. The van der Waals surface area contributed by atoms with Gasteiger partial charge in [0.1, 0.15) is 0 Å². The first kappa shape index (κ1) is 21.2. The zero-order valence-corrected chi connectivity index (χ0v) is 18.1. The molecule has 30 heavy (non-hydrogen) atoms. The average molecular weight is 434 g/mol. The lowest BCUT2D eigenvalue weighted by Gasteiger charge is -2.38. The minimum absolute atomic E-state index is 0.230. The van der Waals surface area contributed by atoms with E-state index in [-0.39, 0.29) is 11.9 Å². The van der Waals surface area contributed by atoms with Crippen LogP contribution in [0.4, 0.5) is 0 Å². The van der Waals surface area contributed by atoms with Crippen LogP contribution in [0.1, 0.15) is 19.2 Å². The third-order valence-corrected chi connectivity index (χ3v) is 6.05. The van der Waals surface area contributed by atoms with Gasteiger partial charge in [0.05, 0.1) is 19.8 Å². The second-order valence-electron chi connectivity index (χ2n) is 7.88. The molecule has 0 N–H and O–H groups in total. The lowest BCUT2D eigenvalue weighted by molar-refractivity contribution is -0.136. The molecule has 2 fully saturated rings. The summed E-state index contributed by atoms with van der Waals surface area (Å²) in [6, 6.07) is 7.64. The van der Waals surface area contributed by atoms with Crippen molar-refractivity contribution in [3.8, 4) is 11.4 Å². The summed E-state index contributed by atoms with van der Waals surface area (Å²) in [6.07, 6.45) is 0.564. The Hall–Kier alpha value is -2.00. The second-order valence-corrected chi connectivity index (χ2v) is 8.31. The maximum Gasteiger partial charge on any atom is 0.241 e. The maximum atomic E-state index is 12.5. The summed E-state index contributed by atoms with van der Waals surface area (Å²) in [5.41, 5.74) is 0.887. The molecule has 1 aromatic carbocycles. The van der Waals surface area contributed by atoms with E-state index in [0.29, 0.717) is 56.0 Å². The van der Waals surface area contributed by atoms with Gasteiger partial charge < -0.3 is 14.2 Å². The molecule has 0 bridgehead atoms. The van der Waals surface area contributed by atoms with Crippen molar-refractivity contribution < 1.29 is 14.1 Å². The number of amides is 1. The zero-order chi connectivity index (χ0) is 20.9. The fourth-order valence-corrected chi connectivity index (χ4v) is 4.04. The number of morpholine rings is 1. The Morgan fingerprint density at radius 1 is 1.10 bits per heavy atom. The fourth-order valence-electron chi connectivity index (χ4n) is 3.91. The van der Waals surface area contributed by atoms with Crippen molar-refractivity contribution in [2.45, 2.75) is 25.9 Å². The van der Waals surface area contributed by atoms with Crippen LogP contribution in [0.25, 0.3) is 11.4 Å². The van der Waals surface area contributed by atoms with E-state index in [4.69, 9.17) is 20.9 Å². The van der Waals surface area contributed by atoms with E-state index in [9.17, 15) is 4.79 Å². The minimum Gasteiger partial charge on any atom is -0.378 e. The van der Waals surface area contributed by atoms with Crippen LogP contribution in [0.3, 0.4) is 0 Å². The van der Waals surface area contributed by atoms with Crippen molar-refractivity contribution in [3.05, 3.63) is 35.2 Å². The number of carbonyl (C=O) groups is 1. The average Bonchev–Trinajstić information content (AvgIpc) is 3.23. The highest BCUT2D eigenvalue weighted by molar-refractivity contribution is 6.30. The summed E-state index contributed by atoms with van der Waals surface area (Å²) >= 11 is 5.93. The Morgan fingerprint density at radius 2 is 1.80 bits per heavy atom. The molecular weight excluding hydrogens is 406 g/mol. The SMILES string of the molecule is C[C@H](CC(=O)N1CCOCC1)N1CCN(Cc2nc(-c3ccc(Cl)cc3)no2)CC1. The number of piperazine rings is 1. The molecule has 2 aliphatic rings. The Morgan fingerprint density at radius 3 is 2.50 bits per heavy atom. The third kappa shape index (κ3) is 5.37. The number of halogens is 1. The molecule has 4 rings (SSSR count). The largest absolute Gasteiger partial charge is 0.378 e. The van der Waals surface area contributed by atoms with Crippen LogP contribution < -0.4 is 0 Å². The molecule has 0 aliphatic carbocycles. The first-order valence-corrected chi connectivity index (χ1v) is 10.9. The van der Waals surface area contributed by atoms with E-state index in [2.05, 4.69) is 26.9 Å². The Labute approximate surface area is 181 Å². The molecule has 0 unspecified atom stereocenters. The number of carbonyl (C=O) groups excluding carboxylic acids is 1. The van der Waals surface area contributed by atoms with Crippen LogP contribution in [0, 0.1) is 0 Å². The summed E-state index contributed by atoms with van der Waals surface area (Å²) in [4.78, 5) is 23.6. The number of hydrogen-bond donors (Lipinski definition) is 0. The van der Waals surface area contributed by atoms with Crippen molar-refractivity contribution in [3.63, 3.8) is 0 Å². The van der Waals surface area contributed by atoms with Crippen molar-refractivity contribution in [2.75, 3.05) is 52.5 Å². The Balaban J connectivity index is 1.23. The molecule has 9 heteroatoms. The van der Waals surface area contributed by atoms with E-state index < -0.39 is 0 Å². The Bertz CT molecular complexity index is 829. The summed E-state index contributed by atoms with van der Waals surface area (Å²) in [5, 5.41) is 4.77. The van der Waals surface area contributed by atoms with Crippen molar-refractivity contribution in [1.29, 1.82) is 0 Å². The molecule has 162 valence electrons. The smallest absolute Gasteiger partial charge is 0.241 e.